The van der Waals surface area contributed by atoms with Crippen LogP contribution in [0.1, 0.15) is 28.0 Å². The number of esters is 1. The highest BCUT2D eigenvalue weighted by atomic mass is 16.5. The first kappa shape index (κ1) is 20.7. The van der Waals surface area contributed by atoms with Gasteiger partial charge in [-0.1, -0.05) is 18.2 Å². The molecule has 1 aliphatic rings. The number of nitrogens with zero attached hydrogens (tertiary/aromatic N) is 2. The van der Waals surface area contributed by atoms with Crippen molar-refractivity contribution in [3.8, 4) is 0 Å². The van der Waals surface area contributed by atoms with Crippen molar-refractivity contribution in [2.24, 2.45) is 0 Å². The van der Waals surface area contributed by atoms with Gasteiger partial charge < -0.3 is 24.4 Å². The Hall–Kier alpha value is -3.59. The zero-order valence-corrected chi connectivity index (χ0v) is 17.4. The lowest BCUT2D eigenvalue weighted by molar-refractivity contribution is -0.121. The zero-order chi connectivity index (χ0) is 22.0. The van der Waals surface area contributed by atoms with Crippen LogP contribution >= 0.6 is 0 Å². The van der Waals surface area contributed by atoms with Crippen LogP contribution in [0, 0.1) is 0 Å². The normalized spacial score (nSPS) is 15.6. The van der Waals surface area contributed by atoms with E-state index in [1.54, 1.807) is 17.0 Å². The van der Waals surface area contributed by atoms with E-state index in [1.807, 2.05) is 36.1 Å². The average molecular weight is 424 g/mol. The predicted octanol–water partition coefficient (Wildman–Crippen LogP) is 2.33. The van der Waals surface area contributed by atoms with E-state index in [4.69, 9.17) is 9.15 Å². The molecule has 3 aromatic rings. The number of anilines is 1. The molecule has 0 radical (unpaired) electrons. The molecule has 9 heteroatoms. The van der Waals surface area contributed by atoms with Gasteiger partial charge in [0.2, 0.25) is 5.91 Å². The molecule has 1 atom stereocenters. The largest absolute Gasteiger partial charge is 0.464 e. The van der Waals surface area contributed by atoms with Gasteiger partial charge >= 0.3 is 5.97 Å². The molecule has 31 heavy (non-hydrogen) atoms. The summed E-state index contributed by atoms with van der Waals surface area (Å²) in [5, 5.41) is 3.63. The number of aromatic amines is 1. The first-order valence-electron chi connectivity index (χ1n) is 10.1. The van der Waals surface area contributed by atoms with Crippen molar-refractivity contribution < 1.29 is 23.5 Å². The van der Waals surface area contributed by atoms with Crippen LogP contribution in [0.3, 0.4) is 0 Å². The summed E-state index contributed by atoms with van der Waals surface area (Å²) >= 11 is 0. The Labute approximate surface area is 178 Å². The number of H-pyrrole nitrogens is 1. The van der Waals surface area contributed by atoms with Gasteiger partial charge in [-0.05, 0) is 25.1 Å². The maximum atomic E-state index is 13.0. The van der Waals surface area contributed by atoms with Crippen LogP contribution in [0.15, 0.2) is 47.1 Å². The summed E-state index contributed by atoms with van der Waals surface area (Å²) in [5.41, 5.74) is 1.35. The highest BCUT2D eigenvalue weighted by Gasteiger charge is 2.30. The molecular weight excluding hydrogens is 400 g/mol. The fraction of sp³-hybridized carbons (Fsp3) is 0.318. The number of furan rings is 1. The van der Waals surface area contributed by atoms with Gasteiger partial charge in [-0.3, -0.25) is 14.5 Å². The van der Waals surface area contributed by atoms with E-state index in [-0.39, 0.29) is 17.5 Å². The molecular formula is C22H24N4O5. The van der Waals surface area contributed by atoms with E-state index < -0.39 is 12.0 Å². The van der Waals surface area contributed by atoms with Crippen molar-refractivity contribution in [2.45, 2.75) is 13.0 Å². The number of rotatable bonds is 5. The van der Waals surface area contributed by atoms with Gasteiger partial charge in [0.15, 0.2) is 5.76 Å². The van der Waals surface area contributed by atoms with Crippen molar-refractivity contribution in [1.82, 2.24) is 14.8 Å². The average Bonchev–Trinajstić information content (AvgIpc) is 3.46. The summed E-state index contributed by atoms with van der Waals surface area (Å²) in [6.07, 6.45) is 1.48. The molecule has 4 rings (SSSR count). The minimum absolute atomic E-state index is 0.150. The maximum absolute atomic E-state index is 13.0. The molecule has 1 aliphatic heterocycles. The molecule has 2 N–H and O–H groups in total. The Balaban J connectivity index is 1.44. The van der Waals surface area contributed by atoms with E-state index in [2.05, 4.69) is 10.3 Å². The van der Waals surface area contributed by atoms with Gasteiger partial charge in [-0.2, -0.15) is 0 Å². The first-order chi connectivity index (χ1) is 15.0. The van der Waals surface area contributed by atoms with E-state index >= 15 is 0 Å². The third kappa shape index (κ3) is 4.04. The second-order valence-corrected chi connectivity index (χ2v) is 7.38. The number of methoxy groups -OCH3 is 1. The van der Waals surface area contributed by atoms with E-state index in [0.717, 1.165) is 10.9 Å². The second-order valence-electron chi connectivity index (χ2n) is 7.38. The third-order valence-corrected chi connectivity index (χ3v) is 5.60. The first-order valence-corrected chi connectivity index (χ1v) is 10.1. The van der Waals surface area contributed by atoms with Crippen LogP contribution in [0.5, 0.6) is 0 Å². The summed E-state index contributed by atoms with van der Waals surface area (Å²) in [6, 6.07) is 10.2. The number of carbonyl (C=O) groups excluding carboxylic acids is 3. The standard InChI is InChI=1S/C22H24N4O5/c1-14(25-9-11-26(12-10-25)21(28)17-8-5-13-31-17)20(27)24-18-15-6-3-4-7-16(15)23-19(18)22(29)30-2/h3-8,13-14,23H,9-12H2,1-2H3,(H,24,27)/t14-/m1/s1. The molecule has 0 spiro atoms. The maximum Gasteiger partial charge on any atom is 0.356 e. The number of ether oxygens (including phenoxy) is 1. The lowest BCUT2D eigenvalue weighted by atomic mass is 10.1. The number of aromatic nitrogens is 1. The van der Waals surface area contributed by atoms with Crippen LogP contribution < -0.4 is 5.32 Å². The Kier molecular flexibility index (Phi) is 5.77. The zero-order valence-electron chi connectivity index (χ0n) is 17.4. The molecule has 0 unspecified atom stereocenters. The number of hydrogen-bond acceptors (Lipinski definition) is 6. The summed E-state index contributed by atoms with van der Waals surface area (Å²) in [5.74, 6) is -0.623. The molecule has 2 aromatic heterocycles. The quantitative estimate of drug-likeness (QED) is 0.609. The minimum atomic E-state index is -0.552. The summed E-state index contributed by atoms with van der Waals surface area (Å²) < 4.78 is 10.0. The van der Waals surface area contributed by atoms with Crippen LogP contribution in [-0.4, -0.2) is 71.9 Å². The number of piperazine rings is 1. The number of fused-ring (bicyclic) bond motifs is 1. The second kappa shape index (κ2) is 8.65. The summed E-state index contributed by atoms with van der Waals surface area (Å²) in [6.45, 7) is 3.92. The fourth-order valence-electron chi connectivity index (χ4n) is 3.79. The Morgan fingerprint density at radius 1 is 1.10 bits per heavy atom. The Morgan fingerprint density at radius 3 is 2.52 bits per heavy atom. The van der Waals surface area contributed by atoms with Crippen LogP contribution in [0.25, 0.3) is 10.9 Å². The molecule has 162 valence electrons. The van der Waals surface area contributed by atoms with Gasteiger partial charge in [0, 0.05) is 37.1 Å². The van der Waals surface area contributed by atoms with Crippen molar-refractivity contribution in [3.05, 3.63) is 54.1 Å². The van der Waals surface area contributed by atoms with Crippen LogP contribution in [0.4, 0.5) is 5.69 Å². The van der Waals surface area contributed by atoms with Gasteiger partial charge in [0.05, 0.1) is 25.1 Å². The monoisotopic (exact) mass is 424 g/mol. The van der Waals surface area contributed by atoms with E-state index in [9.17, 15) is 14.4 Å². The topological polar surface area (TPSA) is 108 Å². The van der Waals surface area contributed by atoms with Gasteiger partial charge in [-0.25, -0.2) is 4.79 Å². The smallest absolute Gasteiger partial charge is 0.356 e. The van der Waals surface area contributed by atoms with Crippen LogP contribution in [-0.2, 0) is 9.53 Å². The summed E-state index contributed by atoms with van der Waals surface area (Å²) in [7, 11) is 1.30. The predicted molar refractivity (Wildman–Crippen MR) is 114 cm³/mol. The van der Waals surface area contributed by atoms with Crippen molar-refractivity contribution in [3.63, 3.8) is 0 Å². The number of amides is 2. The molecule has 2 amide bonds. The Morgan fingerprint density at radius 2 is 1.84 bits per heavy atom. The molecule has 1 saturated heterocycles. The number of para-hydroxylation sites is 1. The molecule has 1 aromatic carbocycles. The van der Waals surface area contributed by atoms with Crippen LogP contribution in [0.2, 0.25) is 0 Å². The fourth-order valence-corrected chi connectivity index (χ4v) is 3.79. The highest BCUT2D eigenvalue weighted by Crippen LogP contribution is 2.28. The lowest BCUT2D eigenvalue weighted by Crippen LogP contribution is -2.54. The molecule has 9 nitrogen and oxygen atoms in total. The minimum Gasteiger partial charge on any atom is -0.464 e. The SMILES string of the molecule is COC(=O)c1[nH]c2ccccc2c1NC(=O)[C@@H](C)N1CCN(C(=O)c2ccco2)CC1. The van der Waals surface area contributed by atoms with Gasteiger partial charge in [-0.15, -0.1) is 0 Å². The van der Waals surface area contributed by atoms with E-state index in [1.165, 1.54) is 13.4 Å². The molecule has 0 aliphatic carbocycles. The highest BCUT2D eigenvalue weighted by molar-refractivity contribution is 6.11. The molecule has 0 bridgehead atoms. The third-order valence-electron chi connectivity index (χ3n) is 5.60. The van der Waals surface area contributed by atoms with Gasteiger partial charge in [0.25, 0.3) is 5.91 Å². The molecule has 0 saturated carbocycles. The van der Waals surface area contributed by atoms with Crippen molar-refractivity contribution >= 4 is 34.4 Å². The Bertz CT molecular complexity index is 1100. The summed E-state index contributed by atoms with van der Waals surface area (Å²) in [4.78, 5) is 44.4. The molecule has 3 heterocycles. The van der Waals surface area contributed by atoms with Crippen molar-refractivity contribution in [1.29, 1.82) is 0 Å². The van der Waals surface area contributed by atoms with Crippen molar-refractivity contribution in [2.75, 3.05) is 38.6 Å². The van der Waals surface area contributed by atoms with E-state index in [0.29, 0.717) is 37.6 Å². The van der Waals surface area contributed by atoms with Gasteiger partial charge in [0.1, 0.15) is 5.69 Å². The number of benzene rings is 1. The molecule has 1 fully saturated rings. The number of nitrogens with one attached hydrogen (secondary N) is 2. The number of carbonyl (C=O) groups is 3. The lowest BCUT2D eigenvalue weighted by Gasteiger charge is -2.37. The number of hydrogen-bond donors (Lipinski definition) is 2.